The fourth-order valence-corrected chi connectivity index (χ4v) is 2.00. The maximum atomic E-state index is 12.3. The summed E-state index contributed by atoms with van der Waals surface area (Å²) >= 11 is 0. The summed E-state index contributed by atoms with van der Waals surface area (Å²) in [4.78, 5) is 23.7. The van der Waals surface area contributed by atoms with Crippen LogP contribution < -0.4 is 39.2 Å². The molecule has 0 aliphatic heterocycles. The average molecular weight is 437 g/mol. The summed E-state index contributed by atoms with van der Waals surface area (Å²) < 4.78 is 1.89. The molecule has 5 nitrogen and oxygen atoms in total. The molecule has 0 radical (unpaired) electrons. The molecule has 1 aromatic carbocycles. The number of halogens is 1. The van der Waals surface area contributed by atoms with Crippen molar-refractivity contribution in [3.8, 4) is 0 Å². The molecule has 0 fully saturated rings. The van der Waals surface area contributed by atoms with Crippen molar-refractivity contribution in [2.24, 2.45) is 7.05 Å². The van der Waals surface area contributed by atoms with E-state index in [1.165, 1.54) is 6.92 Å². The van der Waals surface area contributed by atoms with Crippen LogP contribution in [-0.4, -0.2) is 11.8 Å². The van der Waals surface area contributed by atoms with Gasteiger partial charge in [-0.2, -0.15) is 0 Å². The van der Waals surface area contributed by atoms with Gasteiger partial charge in [-0.05, 0) is 17.2 Å². The summed E-state index contributed by atoms with van der Waals surface area (Å²) in [6.45, 7) is 1.78. The van der Waals surface area contributed by atoms with Crippen molar-refractivity contribution >= 4 is 17.9 Å². The predicted octanol–water partition coefficient (Wildman–Crippen LogP) is -1.69. The molecule has 0 saturated heterocycles. The summed E-state index contributed by atoms with van der Waals surface area (Å²) in [5.41, 5.74) is 2.05. The smallest absolute Gasteiger partial charge is 0.268 e. The predicted molar refractivity (Wildman–Crippen MR) is 87.7 cm³/mol. The Balaban J connectivity index is 0.00000288. The molecular weight excluding hydrogens is 417 g/mol. The van der Waals surface area contributed by atoms with Crippen LogP contribution in [0.2, 0.25) is 0 Å². The molecule has 0 aliphatic rings. The van der Waals surface area contributed by atoms with E-state index in [0.29, 0.717) is 6.54 Å². The van der Waals surface area contributed by atoms with Gasteiger partial charge in [0, 0.05) is 25.6 Å². The molecule has 1 heterocycles. The molecule has 2 amide bonds. The molecule has 0 atom stereocenters. The van der Waals surface area contributed by atoms with Crippen LogP contribution in [0.4, 0.5) is 0 Å². The minimum Gasteiger partial charge on any atom is -1.00 e. The molecule has 126 valence electrons. The summed E-state index contributed by atoms with van der Waals surface area (Å²) in [7, 11) is 1.91. The lowest BCUT2D eigenvalue weighted by Crippen LogP contribution is -3.00. The number of nitrogens with zero attached hydrogens (tertiary/aromatic N) is 1. The zero-order valence-corrected chi connectivity index (χ0v) is 15.8. The van der Waals surface area contributed by atoms with E-state index in [4.69, 9.17) is 0 Å². The van der Waals surface area contributed by atoms with Crippen molar-refractivity contribution in [1.29, 1.82) is 0 Å². The summed E-state index contributed by atoms with van der Waals surface area (Å²) in [5, 5.41) is 5.39. The Morgan fingerprint density at radius 2 is 1.71 bits per heavy atom. The number of aryl methyl sites for hydroxylation is 1. The van der Waals surface area contributed by atoms with Crippen LogP contribution in [0.15, 0.2) is 60.6 Å². The number of nitrogens with one attached hydrogen (secondary N) is 2. The summed E-state index contributed by atoms with van der Waals surface area (Å²) in [5.74, 6) is -0.607. The van der Waals surface area contributed by atoms with Crippen molar-refractivity contribution in [3.05, 3.63) is 71.7 Å². The molecule has 0 aliphatic carbocycles. The van der Waals surface area contributed by atoms with Crippen LogP contribution in [0.1, 0.15) is 18.1 Å². The highest BCUT2D eigenvalue weighted by Crippen LogP contribution is 2.04. The Hall–Kier alpha value is -2.22. The molecule has 2 rings (SSSR count). The monoisotopic (exact) mass is 437 g/mol. The molecule has 1 aromatic heterocycles. The van der Waals surface area contributed by atoms with Gasteiger partial charge < -0.3 is 34.6 Å². The third-order valence-electron chi connectivity index (χ3n) is 3.17. The number of aromatic nitrogens is 1. The van der Waals surface area contributed by atoms with Gasteiger partial charge in [-0.3, -0.25) is 9.59 Å². The van der Waals surface area contributed by atoms with Gasteiger partial charge in [0.1, 0.15) is 12.7 Å². The van der Waals surface area contributed by atoms with E-state index in [9.17, 15) is 9.59 Å². The standard InChI is InChI=1S/C18H19N3O2.HI/c1-14(22)20-17(12-15-8-10-21(2)11-9-15)18(23)19-13-16-6-4-3-5-7-16;/h3-12H,13H2,1-2H3,(H,19,23);1H. The Labute approximate surface area is 158 Å². The summed E-state index contributed by atoms with van der Waals surface area (Å²) in [6, 6.07) is 13.3. The van der Waals surface area contributed by atoms with Crippen LogP contribution in [0.5, 0.6) is 0 Å². The molecule has 0 unspecified atom stereocenters. The second kappa shape index (κ2) is 9.82. The van der Waals surface area contributed by atoms with Gasteiger partial charge in [0.05, 0.1) is 0 Å². The molecule has 0 saturated carbocycles. The topological polar surface area (TPSA) is 62.1 Å². The van der Waals surface area contributed by atoms with Gasteiger partial charge in [-0.1, -0.05) is 30.3 Å². The first-order valence-electron chi connectivity index (χ1n) is 7.31. The van der Waals surface area contributed by atoms with Crippen molar-refractivity contribution in [2.45, 2.75) is 13.5 Å². The fraction of sp³-hybridized carbons (Fsp3) is 0.167. The molecule has 0 bridgehead atoms. The number of hydrogen-bond acceptors (Lipinski definition) is 2. The van der Waals surface area contributed by atoms with Crippen molar-refractivity contribution in [3.63, 3.8) is 0 Å². The number of pyridine rings is 1. The molecule has 24 heavy (non-hydrogen) atoms. The normalized spacial score (nSPS) is 10.5. The van der Waals surface area contributed by atoms with Gasteiger partial charge in [-0.25, -0.2) is 4.57 Å². The number of rotatable bonds is 5. The van der Waals surface area contributed by atoms with E-state index in [1.54, 1.807) is 6.08 Å². The van der Waals surface area contributed by atoms with Gasteiger partial charge in [0.15, 0.2) is 12.4 Å². The Morgan fingerprint density at radius 1 is 1.08 bits per heavy atom. The minimum atomic E-state index is -0.322. The van der Waals surface area contributed by atoms with Gasteiger partial charge >= 0.3 is 0 Å². The summed E-state index contributed by atoms with van der Waals surface area (Å²) in [6.07, 6.45) is 5.40. The Morgan fingerprint density at radius 3 is 2.29 bits per heavy atom. The molecule has 2 aromatic rings. The fourth-order valence-electron chi connectivity index (χ4n) is 2.00. The lowest BCUT2D eigenvalue weighted by atomic mass is 10.2. The van der Waals surface area contributed by atoms with Crippen LogP contribution in [0, 0.1) is 0 Å². The zero-order valence-electron chi connectivity index (χ0n) is 13.6. The quantitative estimate of drug-likeness (QED) is 0.333. The number of hydrogen-bond donors (Lipinski definition) is 2. The molecule has 6 heteroatoms. The number of carbonyl (C=O) groups excluding carboxylic acids is 2. The number of amides is 2. The van der Waals surface area contributed by atoms with Gasteiger partial charge in [0.25, 0.3) is 5.91 Å². The lowest BCUT2D eigenvalue weighted by molar-refractivity contribution is -0.671. The van der Waals surface area contributed by atoms with E-state index in [2.05, 4.69) is 10.6 Å². The number of benzene rings is 1. The van der Waals surface area contributed by atoms with E-state index >= 15 is 0 Å². The van der Waals surface area contributed by atoms with Crippen molar-refractivity contribution < 1.29 is 38.1 Å². The minimum absolute atomic E-state index is 0. The second-order valence-electron chi connectivity index (χ2n) is 5.20. The maximum absolute atomic E-state index is 12.3. The molecule has 0 spiro atoms. The van der Waals surface area contributed by atoms with E-state index < -0.39 is 0 Å². The molecule has 2 N–H and O–H groups in total. The first-order valence-corrected chi connectivity index (χ1v) is 7.31. The van der Waals surface area contributed by atoms with E-state index in [-0.39, 0.29) is 41.5 Å². The second-order valence-corrected chi connectivity index (χ2v) is 5.20. The first-order chi connectivity index (χ1) is 11.0. The van der Waals surface area contributed by atoms with Crippen molar-refractivity contribution in [2.75, 3.05) is 0 Å². The third kappa shape index (κ3) is 6.49. The van der Waals surface area contributed by atoms with E-state index in [1.807, 2.05) is 66.5 Å². The first kappa shape index (κ1) is 19.8. The van der Waals surface area contributed by atoms with Gasteiger partial charge in [0.2, 0.25) is 5.91 Å². The third-order valence-corrected chi connectivity index (χ3v) is 3.17. The Kier molecular flexibility index (Phi) is 8.11. The SMILES string of the molecule is CC(=O)N/C(=C\c1cc[n+](C)cc1)C(=O)NCc1ccccc1.[I-]. The lowest BCUT2D eigenvalue weighted by Gasteiger charge is -2.09. The van der Waals surface area contributed by atoms with E-state index in [0.717, 1.165) is 11.1 Å². The van der Waals surface area contributed by atoms with Crippen LogP contribution in [-0.2, 0) is 23.2 Å². The van der Waals surface area contributed by atoms with Crippen LogP contribution >= 0.6 is 0 Å². The maximum Gasteiger partial charge on any atom is 0.268 e. The highest BCUT2D eigenvalue weighted by molar-refractivity contribution is 6.00. The van der Waals surface area contributed by atoms with Crippen LogP contribution in [0.3, 0.4) is 0 Å². The average Bonchev–Trinajstić information content (AvgIpc) is 2.54. The highest BCUT2D eigenvalue weighted by atomic mass is 127. The molecular formula is C18H20IN3O2. The van der Waals surface area contributed by atoms with Crippen molar-refractivity contribution in [1.82, 2.24) is 10.6 Å². The van der Waals surface area contributed by atoms with Crippen LogP contribution in [0.25, 0.3) is 6.08 Å². The zero-order chi connectivity index (χ0) is 16.7. The highest BCUT2D eigenvalue weighted by Gasteiger charge is 2.11. The van der Waals surface area contributed by atoms with Gasteiger partial charge in [-0.15, -0.1) is 0 Å². The number of carbonyl (C=O) groups is 2. The Bertz CT molecular complexity index is 713. The largest absolute Gasteiger partial charge is 1.00 e.